The summed E-state index contributed by atoms with van der Waals surface area (Å²) in [7, 11) is 2.13. The summed E-state index contributed by atoms with van der Waals surface area (Å²) in [5.74, 6) is 0.373. The molecule has 2 atom stereocenters. The van der Waals surface area contributed by atoms with Crippen LogP contribution in [-0.2, 0) is 4.79 Å². The molecule has 0 saturated heterocycles. The Morgan fingerprint density at radius 2 is 2.12 bits per heavy atom. The van der Waals surface area contributed by atoms with Crippen LogP contribution in [0.15, 0.2) is 0 Å². The Morgan fingerprint density at radius 1 is 1.38 bits per heavy atom. The fourth-order valence-corrected chi connectivity index (χ4v) is 2.45. The van der Waals surface area contributed by atoms with Crippen LogP contribution in [0.25, 0.3) is 0 Å². The lowest BCUT2D eigenvalue weighted by Crippen LogP contribution is -2.36. The summed E-state index contributed by atoms with van der Waals surface area (Å²) in [6, 6.07) is 1.02. The highest BCUT2D eigenvalue weighted by atomic mass is 16.1. The van der Waals surface area contributed by atoms with E-state index in [1.807, 2.05) is 0 Å². The van der Waals surface area contributed by atoms with E-state index >= 15 is 0 Å². The summed E-state index contributed by atoms with van der Waals surface area (Å²) in [6.07, 6.45) is 5.47. The number of rotatable bonds is 5. The Kier molecular flexibility index (Phi) is 3.82. The second-order valence-corrected chi connectivity index (χ2v) is 5.27. The van der Waals surface area contributed by atoms with Crippen LogP contribution in [0.2, 0.25) is 0 Å². The van der Waals surface area contributed by atoms with Gasteiger partial charge in [0, 0.05) is 31.1 Å². The third-order valence-electron chi connectivity index (χ3n) is 3.78. The summed E-state index contributed by atoms with van der Waals surface area (Å²) in [6.45, 7) is 1.74. The number of nitrogens with two attached hydrogens (primary N) is 1. The summed E-state index contributed by atoms with van der Waals surface area (Å²) >= 11 is 0. The van der Waals surface area contributed by atoms with E-state index < -0.39 is 0 Å². The van der Waals surface area contributed by atoms with E-state index in [0.29, 0.717) is 0 Å². The molecular weight excluding hydrogens is 202 g/mol. The van der Waals surface area contributed by atoms with Gasteiger partial charge in [-0.2, -0.15) is 0 Å². The monoisotopic (exact) mass is 225 g/mol. The average Bonchev–Trinajstić information content (AvgIpc) is 3.01. The molecule has 3 N–H and O–H groups in total. The molecule has 4 nitrogen and oxygen atoms in total. The van der Waals surface area contributed by atoms with Gasteiger partial charge < -0.3 is 16.0 Å². The van der Waals surface area contributed by atoms with Crippen molar-refractivity contribution in [3.63, 3.8) is 0 Å². The molecule has 92 valence electrons. The molecule has 2 aliphatic carbocycles. The minimum Gasteiger partial charge on any atom is -0.355 e. The van der Waals surface area contributed by atoms with E-state index in [1.54, 1.807) is 0 Å². The van der Waals surface area contributed by atoms with Gasteiger partial charge in [-0.25, -0.2) is 0 Å². The van der Waals surface area contributed by atoms with E-state index in [2.05, 4.69) is 17.3 Å². The number of likely N-dealkylation sites (N-methyl/N-ethyl adjacent to an activating group) is 1. The smallest absolute Gasteiger partial charge is 0.223 e. The number of hydrogen-bond acceptors (Lipinski definition) is 3. The van der Waals surface area contributed by atoms with E-state index in [9.17, 15) is 4.79 Å². The second-order valence-electron chi connectivity index (χ2n) is 5.27. The van der Waals surface area contributed by atoms with Crippen molar-refractivity contribution in [2.24, 2.45) is 11.7 Å². The maximum Gasteiger partial charge on any atom is 0.223 e. The lowest BCUT2D eigenvalue weighted by atomic mass is 10.1. The molecule has 2 unspecified atom stereocenters. The van der Waals surface area contributed by atoms with Crippen molar-refractivity contribution >= 4 is 5.91 Å². The molecule has 0 aliphatic heterocycles. The van der Waals surface area contributed by atoms with Gasteiger partial charge in [0.05, 0.1) is 0 Å². The lowest BCUT2D eigenvalue weighted by molar-refractivity contribution is -0.124. The van der Waals surface area contributed by atoms with Crippen LogP contribution in [0.1, 0.15) is 32.1 Å². The van der Waals surface area contributed by atoms with Crippen molar-refractivity contribution in [3.8, 4) is 0 Å². The van der Waals surface area contributed by atoms with Gasteiger partial charge in [0.25, 0.3) is 0 Å². The third kappa shape index (κ3) is 3.19. The van der Waals surface area contributed by atoms with Crippen LogP contribution in [0.4, 0.5) is 0 Å². The first-order chi connectivity index (χ1) is 7.66. The summed E-state index contributed by atoms with van der Waals surface area (Å²) in [5.41, 5.74) is 5.80. The SMILES string of the molecule is CN(CCNC(=O)C1CCC(N)C1)C1CC1. The number of nitrogens with zero attached hydrogens (tertiary/aromatic N) is 1. The van der Waals surface area contributed by atoms with E-state index in [1.165, 1.54) is 12.8 Å². The molecule has 0 aromatic carbocycles. The van der Waals surface area contributed by atoms with Crippen LogP contribution >= 0.6 is 0 Å². The molecule has 2 rings (SSSR count). The lowest BCUT2D eigenvalue weighted by Gasteiger charge is -2.17. The first kappa shape index (κ1) is 11.9. The Balaban J connectivity index is 1.60. The minimum absolute atomic E-state index is 0.168. The van der Waals surface area contributed by atoms with Crippen molar-refractivity contribution in [1.82, 2.24) is 10.2 Å². The maximum absolute atomic E-state index is 11.8. The molecule has 0 radical (unpaired) electrons. The van der Waals surface area contributed by atoms with E-state index in [-0.39, 0.29) is 17.9 Å². The van der Waals surface area contributed by atoms with Crippen molar-refractivity contribution in [2.75, 3.05) is 20.1 Å². The van der Waals surface area contributed by atoms with Crippen molar-refractivity contribution < 1.29 is 4.79 Å². The van der Waals surface area contributed by atoms with Crippen LogP contribution in [0.5, 0.6) is 0 Å². The zero-order chi connectivity index (χ0) is 11.5. The summed E-state index contributed by atoms with van der Waals surface area (Å²) in [5, 5.41) is 3.02. The van der Waals surface area contributed by atoms with Gasteiger partial charge >= 0.3 is 0 Å². The molecular formula is C12H23N3O. The third-order valence-corrected chi connectivity index (χ3v) is 3.78. The van der Waals surface area contributed by atoms with Crippen LogP contribution < -0.4 is 11.1 Å². The zero-order valence-electron chi connectivity index (χ0n) is 10.1. The molecule has 0 aromatic heterocycles. The van der Waals surface area contributed by atoms with Gasteiger partial charge in [-0.3, -0.25) is 4.79 Å². The van der Waals surface area contributed by atoms with Crippen LogP contribution in [0.3, 0.4) is 0 Å². The van der Waals surface area contributed by atoms with Crippen LogP contribution in [0, 0.1) is 5.92 Å². The Hall–Kier alpha value is -0.610. The Bertz CT molecular complexity index is 253. The van der Waals surface area contributed by atoms with E-state index in [0.717, 1.165) is 38.4 Å². The predicted octanol–water partition coefficient (Wildman–Crippen LogP) is 0.324. The Morgan fingerprint density at radius 3 is 2.69 bits per heavy atom. The van der Waals surface area contributed by atoms with E-state index in [4.69, 9.17) is 5.73 Å². The van der Waals surface area contributed by atoms with Gasteiger partial charge in [-0.15, -0.1) is 0 Å². The molecule has 1 amide bonds. The molecule has 4 heteroatoms. The number of carbonyl (C=O) groups excluding carboxylic acids is 1. The highest BCUT2D eigenvalue weighted by Crippen LogP contribution is 2.25. The number of amides is 1. The summed E-state index contributed by atoms with van der Waals surface area (Å²) in [4.78, 5) is 14.1. The highest BCUT2D eigenvalue weighted by Gasteiger charge is 2.28. The Labute approximate surface area is 97.6 Å². The molecule has 2 fully saturated rings. The normalized spacial score (nSPS) is 29.7. The summed E-state index contributed by atoms with van der Waals surface area (Å²) < 4.78 is 0. The van der Waals surface area contributed by atoms with Crippen molar-refractivity contribution in [1.29, 1.82) is 0 Å². The van der Waals surface area contributed by atoms with Gasteiger partial charge in [0.15, 0.2) is 0 Å². The standard InChI is InChI=1S/C12H23N3O/c1-15(11-4-5-11)7-6-14-12(16)9-2-3-10(13)8-9/h9-11H,2-8,13H2,1H3,(H,14,16). The predicted molar refractivity (Wildman–Crippen MR) is 64.0 cm³/mol. The number of hydrogen-bond donors (Lipinski definition) is 2. The van der Waals surface area contributed by atoms with Crippen molar-refractivity contribution in [2.45, 2.75) is 44.2 Å². The molecule has 16 heavy (non-hydrogen) atoms. The van der Waals surface area contributed by atoms with Gasteiger partial charge in [-0.05, 0) is 39.2 Å². The fraction of sp³-hybridized carbons (Fsp3) is 0.917. The largest absolute Gasteiger partial charge is 0.355 e. The fourth-order valence-electron chi connectivity index (χ4n) is 2.45. The number of nitrogens with one attached hydrogen (secondary N) is 1. The van der Waals surface area contributed by atoms with Crippen LogP contribution in [-0.4, -0.2) is 43.0 Å². The zero-order valence-corrected chi connectivity index (χ0v) is 10.1. The maximum atomic E-state index is 11.8. The molecule has 2 aliphatic rings. The minimum atomic E-state index is 0.168. The van der Waals surface area contributed by atoms with Gasteiger partial charge in [0.2, 0.25) is 5.91 Å². The number of carbonyl (C=O) groups is 1. The second kappa shape index (κ2) is 5.15. The van der Waals surface area contributed by atoms with Gasteiger partial charge in [0.1, 0.15) is 0 Å². The molecule has 0 aromatic rings. The van der Waals surface area contributed by atoms with Gasteiger partial charge in [-0.1, -0.05) is 0 Å². The molecule has 2 saturated carbocycles. The quantitative estimate of drug-likeness (QED) is 0.708. The first-order valence-corrected chi connectivity index (χ1v) is 6.40. The van der Waals surface area contributed by atoms with Crippen molar-refractivity contribution in [3.05, 3.63) is 0 Å². The molecule has 0 bridgehead atoms. The molecule has 0 heterocycles. The average molecular weight is 225 g/mol. The topological polar surface area (TPSA) is 58.4 Å². The first-order valence-electron chi connectivity index (χ1n) is 6.40. The molecule has 0 spiro atoms. The highest BCUT2D eigenvalue weighted by molar-refractivity contribution is 5.78.